The van der Waals surface area contributed by atoms with Crippen LogP contribution in [0.4, 0.5) is 9.18 Å². The molecule has 1 aromatic rings. The molecule has 6 nitrogen and oxygen atoms in total. The summed E-state index contributed by atoms with van der Waals surface area (Å²) in [6.07, 6.45) is 2.21. The molecule has 130 valence electrons. The fraction of sp³-hybridized carbons (Fsp3) is 0.529. The summed E-state index contributed by atoms with van der Waals surface area (Å²) in [4.78, 5) is 26.1. The van der Waals surface area contributed by atoms with Crippen LogP contribution in [-0.2, 0) is 9.53 Å². The van der Waals surface area contributed by atoms with Crippen LogP contribution in [0.2, 0.25) is 0 Å². The van der Waals surface area contributed by atoms with E-state index >= 15 is 0 Å². The van der Waals surface area contributed by atoms with Crippen LogP contribution in [0, 0.1) is 5.82 Å². The van der Waals surface area contributed by atoms with Crippen molar-refractivity contribution >= 4 is 11.9 Å². The Morgan fingerprint density at radius 1 is 1.29 bits per heavy atom. The average molecular weight is 335 g/mol. The van der Waals surface area contributed by atoms with E-state index in [1.54, 1.807) is 17.0 Å². The van der Waals surface area contributed by atoms with Crippen LogP contribution < -0.4 is 10.6 Å². The van der Waals surface area contributed by atoms with Crippen molar-refractivity contribution in [2.45, 2.75) is 31.4 Å². The van der Waals surface area contributed by atoms with Crippen LogP contribution in [0.1, 0.15) is 30.9 Å². The number of ether oxygens (including phenoxy) is 1. The molecule has 3 amide bonds. The number of amides is 3. The Labute approximate surface area is 140 Å². The van der Waals surface area contributed by atoms with E-state index in [-0.39, 0.29) is 23.9 Å². The molecule has 2 fully saturated rings. The second-order valence-electron chi connectivity index (χ2n) is 6.15. The number of nitrogens with zero attached hydrogens (tertiary/aromatic N) is 1. The third-order valence-electron chi connectivity index (χ3n) is 4.43. The maximum Gasteiger partial charge on any atom is 0.318 e. The van der Waals surface area contributed by atoms with E-state index in [4.69, 9.17) is 4.74 Å². The van der Waals surface area contributed by atoms with Crippen LogP contribution in [0.5, 0.6) is 0 Å². The van der Waals surface area contributed by atoms with Crippen molar-refractivity contribution in [3.8, 4) is 0 Å². The molecule has 2 heterocycles. The molecule has 1 aromatic carbocycles. The number of hydrogen-bond donors (Lipinski definition) is 2. The zero-order valence-corrected chi connectivity index (χ0v) is 13.5. The monoisotopic (exact) mass is 335 g/mol. The van der Waals surface area contributed by atoms with E-state index in [1.165, 1.54) is 12.1 Å². The Balaban J connectivity index is 1.60. The first-order chi connectivity index (χ1) is 11.6. The number of carbonyl (C=O) groups excluding carboxylic acids is 2. The van der Waals surface area contributed by atoms with Gasteiger partial charge in [-0.15, -0.1) is 0 Å². The highest BCUT2D eigenvalue weighted by Gasteiger charge is 2.29. The van der Waals surface area contributed by atoms with Crippen LogP contribution in [-0.4, -0.2) is 49.1 Å². The predicted octanol–water partition coefficient (Wildman–Crippen LogP) is 1.58. The van der Waals surface area contributed by atoms with Gasteiger partial charge in [0.2, 0.25) is 5.91 Å². The lowest BCUT2D eigenvalue weighted by molar-refractivity contribution is -0.122. The molecule has 0 aliphatic carbocycles. The molecule has 2 N–H and O–H groups in total. The zero-order chi connectivity index (χ0) is 16.9. The summed E-state index contributed by atoms with van der Waals surface area (Å²) < 4.78 is 18.7. The lowest BCUT2D eigenvalue weighted by atomic mass is 10.1. The van der Waals surface area contributed by atoms with Gasteiger partial charge < -0.3 is 20.3 Å². The van der Waals surface area contributed by atoms with Crippen molar-refractivity contribution in [1.82, 2.24) is 15.5 Å². The summed E-state index contributed by atoms with van der Waals surface area (Å²) >= 11 is 0. The van der Waals surface area contributed by atoms with E-state index in [9.17, 15) is 14.0 Å². The van der Waals surface area contributed by atoms with Crippen molar-refractivity contribution in [2.75, 3.05) is 26.2 Å². The summed E-state index contributed by atoms with van der Waals surface area (Å²) in [5.41, 5.74) is 0.834. The van der Waals surface area contributed by atoms with Crippen LogP contribution in [0.25, 0.3) is 0 Å². The van der Waals surface area contributed by atoms with Gasteiger partial charge in [-0.25, -0.2) is 9.18 Å². The Bertz CT molecular complexity index is 593. The number of nitrogens with one attached hydrogen (secondary N) is 2. The van der Waals surface area contributed by atoms with Gasteiger partial charge >= 0.3 is 6.03 Å². The molecular weight excluding hydrogens is 313 g/mol. The molecule has 0 aromatic heterocycles. The summed E-state index contributed by atoms with van der Waals surface area (Å²) in [6.45, 7) is 1.92. The van der Waals surface area contributed by atoms with Gasteiger partial charge in [-0.05, 0) is 37.0 Å². The third-order valence-corrected chi connectivity index (χ3v) is 4.43. The maximum absolute atomic E-state index is 13.0. The molecule has 2 saturated heterocycles. The molecule has 2 aliphatic heterocycles. The number of morpholine rings is 1. The predicted molar refractivity (Wildman–Crippen MR) is 85.8 cm³/mol. The lowest BCUT2D eigenvalue weighted by Crippen LogP contribution is -2.53. The smallest absolute Gasteiger partial charge is 0.318 e. The van der Waals surface area contributed by atoms with Gasteiger partial charge in [-0.3, -0.25) is 4.79 Å². The Morgan fingerprint density at radius 2 is 2.08 bits per heavy atom. The first-order valence-corrected chi connectivity index (χ1v) is 8.34. The maximum atomic E-state index is 13.0. The number of halogens is 1. The molecular formula is C17H22FN3O3. The summed E-state index contributed by atoms with van der Waals surface area (Å²) in [5.74, 6) is -0.423. The van der Waals surface area contributed by atoms with Crippen LogP contribution >= 0.6 is 0 Å². The molecule has 0 unspecified atom stereocenters. The van der Waals surface area contributed by atoms with Crippen molar-refractivity contribution in [2.24, 2.45) is 0 Å². The van der Waals surface area contributed by atoms with Gasteiger partial charge in [0.05, 0.1) is 13.2 Å². The van der Waals surface area contributed by atoms with Gasteiger partial charge in [0.1, 0.15) is 18.0 Å². The van der Waals surface area contributed by atoms with Crippen LogP contribution in [0.3, 0.4) is 0 Å². The fourth-order valence-electron chi connectivity index (χ4n) is 3.03. The minimum Gasteiger partial charge on any atom is -0.370 e. The number of urea groups is 1. The Kier molecular flexibility index (Phi) is 5.30. The Morgan fingerprint density at radius 3 is 2.88 bits per heavy atom. The summed E-state index contributed by atoms with van der Waals surface area (Å²) in [5, 5.41) is 5.63. The quantitative estimate of drug-likeness (QED) is 0.862. The van der Waals surface area contributed by atoms with Crippen molar-refractivity contribution in [1.29, 1.82) is 0 Å². The minimum atomic E-state index is -0.480. The summed E-state index contributed by atoms with van der Waals surface area (Å²) in [7, 11) is 0. The zero-order valence-electron chi connectivity index (χ0n) is 13.5. The molecule has 0 spiro atoms. The second-order valence-corrected chi connectivity index (χ2v) is 6.15. The molecule has 0 saturated carbocycles. The van der Waals surface area contributed by atoms with Gasteiger partial charge in [0.25, 0.3) is 0 Å². The number of carbonyl (C=O) groups is 2. The van der Waals surface area contributed by atoms with Crippen molar-refractivity contribution in [3.05, 3.63) is 35.6 Å². The Hall–Kier alpha value is -2.15. The van der Waals surface area contributed by atoms with E-state index in [0.29, 0.717) is 32.7 Å². The topological polar surface area (TPSA) is 70.7 Å². The largest absolute Gasteiger partial charge is 0.370 e. The van der Waals surface area contributed by atoms with Crippen molar-refractivity contribution in [3.63, 3.8) is 0 Å². The number of hydrogen-bond acceptors (Lipinski definition) is 3. The van der Waals surface area contributed by atoms with Gasteiger partial charge in [-0.1, -0.05) is 12.1 Å². The molecule has 2 atom stereocenters. The van der Waals surface area contributed by atoms with E-state index < -0.39 is 6.04 Å². The highest BCUT2D eigenvalue weighted by atomic mass is 19.1. The second kappa shape index (κ2) is 7.61. The first-order valence-electron chi connectivity index (χ1n) is 8.34. The third kappa shape index (κ3) is 4.03. The molecule has 0 bridgehead atoms. The molecule has 24 heavy (non-hydrogen) atoms. The van der Waals surface area contributed by atoms with E-state index in [2.05, 4.69) is 10.6 Å². The normalized spacial score (nSPS) is 24.9. The van der Waals surface area contributed by atoms with Crippen molar-refractivity contribution < 1.29 is 18.7 Å². The van der Waals surface area contributed by atoms with Crippen LogP contribution in [0.15, 0.2) is 24.3 Å². The molecule has 2 aliphatic rings. The highest BCUT2D eigenvalue weighted by Crippen LogP contribution is 2.22. The molecule has 3 rings (SSSR count). The standard InChI is InChI=1S/C17H22FN3O3/c18-13-6-4-12(5-7-13)15-11-21(9-10-24-15)17(23)20-14-3-1-2-8-19-16(14)22/h4-7,14-15H,1-3,8-11H2,(H,19,22)(H,20,23)/t14-,15-/m1/s1. The number of rotatable bonds is 2. The highest BCUT2D eigenvalue weighted by molar-refractivity contribution is 5.87. The van der Waals surface area contributed by atoms with E-state index in [0.717, 1.165) is 18.4 Å². The van der Waals surface area contributed by atoms with Gasteiger partial charge in [0.15, 0.2) is 0 Å². The minimum absolute atomic E-state index is 0.121. The summed E-state index contributed by atoms with van der Waals surface area (Å²) in [6, 6.07) is 5.36. The lowest BCUT2D eigenvalue weighted by Gasteiger charge is -2.34. The van der Waals surface area contributed by atoms with Gasteiger partial charge in [-0.2, -0.15) is 0 Å². The molecule has 0 radical (unpaired) electrons. The SMILES string of the molecule is O=C1NCCCC[C@H]1NC(=O)N1CCO[C@@H](c2ccc(F)cc2)C1. The number of benzene rings is 1. The average Bonchev–Trinajstić information content (AvgIpc) is 2.80. The van der Waals surface area contributed by atoms with E-state index in [1.807, 2.05) is 0 Å². The molecule has 7 heteroatoms. The fourth-order valence-corrected chi connectivity index (χ4v) is 3.03. The first kappa shape index (κ1) is 16.7. The van der Waals surface area contributed by atoms with Gasteiger partial charge in [0, 0.05) is 13.1 Å².